The maximum atomic E-state index is 15.1. The Labute approximate surface area is 548 Å². The van der Waals surface area contributed by atoms with Crippen molar-refractivity contribution in [3.63, 3.8) is 0 Å². The van der Waals surface area contributed by atoms with Crippen molar-refractivity contribution in [2.45, 2.75) is 248 Å². The molecule has 0 radical (unpaired) electrons. The van der Waals surface area contributed by atoms with Crippen LogP contribution in [0.5, 0.6) is 0 Å². The number of nitrogens with zero attached hydrogens (tertiary/aromatic N) is 7. The second-order valence-electron chi connectivity index (χ2n) is 28.3. The molecule has 26 heteroatoms. The van der Waals surface area contributed by atoms with Gasteiger partial charge in [-0.3, -0.25) is 52.7 Å². The second-order valence-corrected chi connectivity index (χ2v) is 28.9. The molecule has 92 heavy (non-hydrogen) atoms. The molecule has 4 saturated carbocycles. The Bertz CT molecular complexity index is 2620. The van der Waals surface area contributed by atoms with Crippen LogP contribution in [0.4, 0.5) is 13.2 Å². The lowest BCUT2D eigenvalue weighted by Crippen LogP contribution is -2.64. The van der Waals surface area contributed by atoms with Gasteiger partial charge in [-0.1, -0.05) is 98.3 Å². The average Bonchev–Trinajstić information content (AvgIpc) is 1.59. The zero-order valence-electron chi connectivity index (χ0n) is 56.5. The summed E-state index contributed by atoms with van der Waals surface area (Å²) >= 11 is 6.37. The van der Waals surface area contributed by atoms with E-state index in [0.717, 1.165) is 56.3 Å². The van der Waals surface area contributed by atoms with Crippen molar-refractivity contribution in [3.8, 4) is 0 Å². The van der Waals surface area contributed by atoms with Crippen LogP contribution in [0.15, 0.2) is 0 Å². The standard InChI is InChI=1S/C66H107ClF3N11O11/c1-12-41(4)55-63(91)77(8)38-53(84)75(6)39-54(85)78(9)50(36-43-22-15-13-16-23-43)62(90)76(7)37-51(82)72-48(30-28-44-27-29-46(47(67)35-44)66(68,69)70)61(89)81-33-21-26-49(81)58(86)74-65(31-19-20-32-65)64(92)80(11)56(40(2)3)59(87)71-42(5)34-52(83)79(10)57(60(88)73-55)45-24-17-14-18-25-45/h40-50,55-57H,12-39H2,1-11H3,(H,71,87)(H,72,82)(H,73,88)(H,74,86)/t41-,42+,44?,46?,47?,48-,49-,50-,55-,56-,57-/m0/s1. The normalized spacial score (nSPS) is 30.6. The molecule has 6 rings (SSSR count). The van der Waals surface area contributed by atoms with Crippen molar-refractivity contribution in [2.24, 2.45) is 35.5 Å². The molecule has 2 aliphatic heterocycles. The summed E-state index contributed by atoms with van der Waals surface area (Å²) in [5.74, 6) is -9.53. The summed E-state index contributed by atoms with van der Waals surface area (Å²) in [6.07, 6.45) is 6.67. The van der Waals surface area contributed by atoms with Crippen molar-refractivity contribution in [1.29, 1.82) is 0 Å². The van der Waals surface area contributed by atoms with Crippen molar-refractivity contribution in [2.75, 3.05) is 68.5 Å². The van der Waals surface area contributed by atoms with Gasteiger partial charge < -0.3 is 55.6 Å². The number of carbonyl (C=O) groups excluding carboxylic acids is 11. The first kappa shape index (κ1) is 75.3. The lowest BCUT2D eigenvalue weighted by Gasteiger charge is -2.39. The Morgan fingerprint density at radius 3 is 1.80 bits per heavy atom. The fraction of sp³-hybridized carbons (Fsp3) is 0.833. The molecule has 2 heterocycles. The minimum Gasteiger partial charge on any atom is -0.351 e. The molecule has 22 nitrogen and oxygen atoms in total. The van der Waals surface area contributed by atoms with Crippen LogP contribution in [0.3, 0.4) is 0 Å². The molecule has 3 unspecified atom stereocenters. The molecule has 0 bridgehead atoms. The van der Waals surface area contributed by atoms with E-state index < -0.39 is 162 Å². The third-order valence-corrected chi connectivity index (χ3v) is 21.5. The molecule has 2 saturated heterocycles. The monoisotopic (exact) mass is 1320 g/mol. The minimum absolute atomic E-state index is 0.0163. The molecule has 4 aliphatic carbocycles. The number of rotatable bonds is 9. The van der Waals surface area contributed by atoms with Gasteiger partial charge in [-0.2, -0.15) is 13.2 Å². The number of halogens is 4. The predicted molar refractivity (Wildman–Crippen MR) is 341 cm³/mol. The molecule has 0 aromatic carbocycles. The molecule has 11 atom stereocenters. The van der Waals surface area contributed by atoms with Gasteiger partial charge in [0.1, 0.15) is 41.8 Å². The van der Waals surface area contributed by atoms with Gasteiger partial charge >= 0.3 is 6.18 Å². The van der Waals surface area contributed by atoms with Crippen LogP contribution in [0.25, 0.3) is 0 Å². The highest BCUT2D eigenvalue weighted by atomic mass is 35.5. The molecule has 1 spiro atoms. The fourth-order valence-electron chi connectivity index (χ4n) is 15.3. The van der Waals surface area contributed by atoms with E-state index in [1.165, 1.54) is 64.6 Å². The quantitative estimate of drug-likeness (QED) is 0.202. The molecule has 11 amide bonds. The van der Waals surface area contributed by atoms with E-state index in [1.807, 2.05) is 6.92 Å². The van der Waals surface area contributed by atoms with Gasteiger partial charge in [0.15, 0.2) is 0 Å². The summed E-state index contributed by atoms with van der Waals surface area (Å²) in [5.41, 5.74) is -1.47. The lowest BCUT2D eigenvalue weighted by atomic mass is 9.78. The van der Waals surface area contributed by atoms with E-state index >= 15 is 9.59 Å². The number of nitrogens with one attached hydrogen (secondary N) is 4. The zero-order valence-corrected chi connectivity index (χ0v) is 57.3. The number of alkyl halides is 4. The topological polar surface area (TPSA) is 259 Å². The molecular weight excluding hydrogens is 1220 g/mol. The summed E-state index contributed by atoms with van der Waals surface area (Å²) in [7, 11) is 8.74. The zero-order chi connectivity index (χ0) is 68.1. The van der Waals surface area contributed by atoms with Crippen LogP contribution in [0, 0.1) is 35.5 Å². The first-order valence-corrected chi connectivity index (χ1v) is 34.5. The maximum absolute atomic E-state index is 15.1. The maximum Gasteiger partial charge on any atom is 0.393 e. The summed E-state index contributed by atoms with van der Waals surface area (Å²) in [6, 6.07) is -7.47. The van der Waals surface area contributed by atoms with E-state index in [1.54, 1.807) is 34.7 Å². The van der Waals surface area contributed by atoms with Crippen molar-refractivity contribution in [1.82, 2.24) is 55.6 Å². The van der Waals surface area contributed by atoms with Gasteiger partial charge in [0.2, 0.25) is 65.0 Å². The van der Waals surface area contributed by atoms with Crippen LogP contribution in [0.2, 0.25) is 0 Å². The van der Waals surface area contributed by atoms with Crippen LogP contribution < -0.4 is 21.3 Å². The fourth-order valence-corrected chi connectivity index (χ4v) is 15.8. The van der Waals surface area contributed by atoms with Crippen LogP contribution in [-0.2, 0) is 52.7 Å². The number of fused-ring (bicyclic) bond motifs is 1. The van der Waals surface area contributed by atoms with E-state index in [9.17, 15) is 56.3 Å². The highest BCUT2D eigenvalue weighted by Crippen LogP contribution is 2.44. The molecule has 0 aromatic rings. The molecule has 4 N–H and O–H groups in total. The Morgan fingerprint density at radius 1 is 0.598 bits per heavy atom. The van der Waals surface area contributed by atoms with Gasteiger partial charge in [0.25, 0.3) is 0 Å². The number of carbonyl (C=O) groups is 11. The first-order chi connectivity index (χ1) is 43.3. The summed E-state index contributed by atoms with van der Waals surface area (Å²) in [4.78, 5) is 170. The lowest BCUT2D eigenvalue weighted by molar-refractivity contribution is -0.182. The Morgan fingerprint density at radius 2 is 1.21 bits per heavy atom. The highest BCUT2D eigenvalue weighted by molar-refractivity contribution is 6.20. The SMILES string of the molecule is CC[C@H](C)[C@@H]1NC(=O)[C@H](C2CCCCC2)N(C)C(=O)C[C@@H](C)NC(=O)[C@H](C(C)C)N(C)C(=O)C2(CCCC2)NC(=O)[C@@H]2CCCN2C(=O)[C@H](CCC2CCC(C(F)(F)F)C(Cl)C2)NC(=O)CN(C)C(=O)[C@H](CC2CCCCC2)N(C)C(=O)CN(C)C(=O)CN(C)C1=O. The summed E-state index contributed by atoms with van der Waals surface area (Å²) < 4.78 is 41.7. The smallest absolute Gasteiger partial charge is 0.351 e. The van der Waals surface area contributed by atoms with Gasteiger partial charge in [-0.15, -0.1) is 11.6 Å². The van der Waals surface area contributed by atoms with Crippen LogP contribution >= 0.6 is 11.6 Å². The highest BCUT2D eigenvalue weighted by Gasteiger charge is 2.51. The van der Waals surface area contributed by atoms with Gasteiger partial charge in [-0.05, 0) is 114 Å². The van der Waals surface area contributed by atoms with Gasteiger partial charge in [0, 0.05) is 66.7 Å². The average molecular weight is 1320 g/mol. The minimum atomic E-state index is -4.49. The van der Waals surface area contributed by atoms with E-state index in [4.69, 9.17) is 11.6 Å². The Hall–Kier alpha value is -5.75. The number of amides is 11. The summed E-state index contributed by atoms with van der Waals surface area (Å²) in [5, 5.41) is 10.6. The largest absolute Gasteiger partial charge is 0.393 e. The van der Waals surface area contributed by atoms with Crippen molar-refractivity contribution < 1.29 is 65.9 Å². The third-order valence-electron chi connectivity index (χ3n) is 21.1. The Balaban J connectivity index is 1.35. The van der Waals surface area contributed by atoms with Crippen LogP contribution in [-0.4, -0.2) is 227 Å². The molecule has 6 fully saturated rings. The number of hydrogen-bond acceptors (Lipinski definition) is 11. The molecular formula is C66H107ClF3N11O11. The molecule has 0 aromatic heterocycles. The third kappa shape index (κ3) is 19.2. The number of hydrogen-bond donors (Lipinski definition) is 4. The van der Waals surface area contributed by atoms with Crippen molar-refractivity contribution >= 4 is 76.6 Å². The summed E-state index contributed by atoms with van der Waals surface area (Å²) in [6.45, 7) is 7.44. The first-order valence-electron chi connectivity index (χ1n) is 34.1. The van der Waals surface area contributed by atoms with E-state index in [2.05, 4.69) is 21.3 Å². The second kappa shape index (κ2) is 33.6. The van der Waals surface area contributed by atoms with Gasteiger partial charge in [0.05, 0.1) is 25.6 Å². The van der Waals surface area contributed by atoms with Crippen molar-refractivity contribution in [3.05, 3.63) is 0 Å². The van der Waals surface area contributed by atoms with Gasteiger partial charge in [-0.25, -0.2) is 0 Å². The predicted octanol–water partition coefficient (Wildman–Crippen LogP) is 5.76. The Kier molecular flexibility index (Phi) is 27.5. The van der Waals surface area contributed by atoms with Crippen LogP contribution in [0.1, 0.15) is 189 Å². The molecule has 6 aliphatic rings. The molecule has 520 valence electrons. The van der Waals surface area contributed by atoms with E-state index in [-0.39, 0.29) is 88.5 Å². The van der Waals surface area contributed by atoms with E-state index in [0.29, 0.717) is 38.5 Å². The number of likely N-dealkylation sites (N-methyl/N-ethyl adjacent to an activating group) is 6.